The van der Waals surface area contributed by atoms with Gasteiger partial charge in [-0.15, -0.1) is 0 Å². The summed E-state index contributed by atoms with van der Waals surface area (Å²) < 4.78 is 22.7. The SMILES string of the molecule is CCCCCCCCCC/C=C\CCCCCCCCCCCC(=O)OC(COC(=O)CCCCCCCCCCCCCCCCCC)COC(OCC[N+](C)(C)C)C(=O)[O-]. The molecule has 0 spiro atoms. The summed E-state index contributed by atoms with van der Waals surface area (Å²) in [6.45, 7) is 4.78. The van der Waals surface area contributed by atoms with Crippen LogP contribution in [0.1, 0.15) is 251 Å². The van der Waals surface area contributed by atoms with Gasteiger partial charge >= 0.3 is 11.9 Å². The lowest BCUT2D eigenvalue weighted by Gasteiger charge is -2.26. The molecular weight excluding hydrogens is 779 g/mol. The number of carbonyl (C=O) groups excluding carboxylic acids is 3. The van der Waals surface area contributed by atoms with Crippen molar-refractivity contribution in [3.05, 3.63) is 12.2 Å². The summed E-state index contributed by atoms with van der Waals surface area (Å²) in [6.07, 6.45) is 46.7. The van der Waals surface area contributed by atoms with Gasteiger partial charge in [0, 0.05) is 12.8 Å². The van der Waals surface area contributed by atoms with Crippen molar-refractivity contribution >= 4 is 17.9 Å². The Morgan fingerprint density at radius 1 is 0.468 bits per heavy atom. The maximum Gasteiger partial charge on any atom is 0.306 e. The van der Waals surface area contributed by atoms with Crippen molar-refractivity contribution in [3.8, 4) is 0 Å². The molecule has 366 valence electrons. The minimum Gasteiger partial charge on any atom is -0.545 e. The third-order valence-electron chi connectivity index (χ3n) is 11.8. The van der Waals surface area contributed by atoms with Gasteiger partial charge in [-0.05, 0) is 38.5 Å². The standard InChI is InChI=1S/C53H101NO8/c1-6-8-10-12-14-16-18-20-22-24-25-26-27-28-30-32-34-36-38-40-42-44-51(56)62-49(48-61-53(52(57)58)59-46-45-54(3,4)5)47-60-50(55)43-41-39-37-35-33-31-29-23-21-19-17-15-13-11-9-7-2/h24-25,49,53H,6-23,26-48H2,1-5H3/b25-24-. The highest BCUT2D eigenvalue weighted by Crippen LogP contribution is 2.16. The number of likely N-dealkylation sites (N-methyl/N-ethyl adjacent to an activating group) is 1. The van der Waals surface area contributed by atoms with Crippen LogP contribution in [0.25, 0.3) is 0 Å². The number of aliphatic carboxylic acids is 1. The Bertz CT molecular complexity index is 1030. The molecule has 2 atom stereocenters. The number of hydrogen-bond acceptors (Lipinski definition) is 8. The molecule has 9 nitrogen and oxygen atoms in total. The first-order valence-corrected chi connectivity index (χ1v) is 26.3. The van der Waals surface area contributed by atoms with Crippen molar-refractivity contribution in [2.24, 2.45) is 0 Å². The molecule has 0 radical (unpaired) electrons. The second-order valence-electron chi connectivity index (χ2n) is 19.2. The quantitative estimate of drug-likeness (QED) is 0.0195. The molecule has 0 N–H and O–H groups in total. The summed E-state index contributed by atoms with van der Waals surface area (Å²) in [5, 5.41) is 11.7. The predicted molar refractivity (Wildman–Crippen MR) is 256 cm³/mol. The first-order chi connectivity index (χ1) is 30.1. The van der Waals surface area contributed by atoms with Gasteiger partial charge in [0.2, 0.25) is 0 Å². The van der Waals surface area contributed by atoms with Gasteiger partial charge in [0.05, 0.1) is 40.3 Å². The molecule has 2 unspecified atom stereocenters. The maximum atomic E-state index is 12.8. The van der Waals surface area contributed by atoms with E-state index in [0.29, 0.717) is 23.9 Å². The van der Waals surface area contributed by atoms with Gasteiger partial charge < -0.3 is 33.3 Å². The van der Waals surface area contributed by atoms with Crippen LogP contribution in [0.5, 0.6) is 0 Å². The van der Waals surface area contributed by atoms with Crippen molar-refractivity contribution in [1.82, 2.24) is 0 Å². The van der Waals surface area contributed by atoms with Crippen LogP contribution in [0.2, 0.25) is 0 Å². The lowest BCUT2D eigenvalue weighted by Crippen LogP contribution is -2.44. The average Bonchev–Trinajstić information content (AvgIpc) is 3.23. The molecule has 0 saturated carbocycles. The van der Waals surface area contributed by atoms with E-state index >= 15 is 0 Å². The molecule has 0 fully saturated rings. The lowest BCUT2D eigenvalue weighted by molar-refractivity contribution is -0.870. The van der Waals surface area contributed by atoms with Crippen LogP contribution >= 0.6 is 0 Å². The third kappa shape index (κ3) is 46.0. The Balaban J connectivity index is 4.29. The Labute approximate surface area is 383 Å². The van der Waals surface area contributed by atoms with Crippen LogP contribution in [-0.2, 0) is 33.3 Å². The summed E-state index contributed by atoms with van der Waals surface area (Å²) >= 11 is 0. The molecule has 0 aromatic carbocycles. The van der Waals surface area contributed by atoms with E-state index in [0.717, 1.165) is 38.5 Å². The van der Waals surface area contributed by atoms with Gasteiger partial charge in [-0.1, -0.05) is 212 Å². The van der Waals surface area contributed by atoms with Crippen molar-refractivity contribution in [2.75, 3.05) is 47.5 Å². The smallest absolute Gasteiger partial charge is 0.306 e. The molecule has 0 aliphatic rings. The number of rotatable bonds is 49. The van der Waals surface area contributed by atoms with E-state index in [-0.39, 0.29) is 32.2 Å². The molecule has 0 aliphatic heterocycles. The van der Waals surface area contributed by atoms with Crippen molar-refractivity contribution in [3.63, 3.8) is 0 Å². The van der Waals surface area contributed by atoms with Gasteiger partial charge in [0.1, 0.15) is 13.2 Å². The van der Waals surface area contributed by atoms with Crippen LogP contribution in [-0.4, -0.2) is 82.3 Å². The van der Waals surface area contributed by atoms with E-state index in [9.17, 15) is 19.5 Å². The number of carboxylic acid groups (broad SMARTS) is 1. The fraction of sp³-hybridized carbons (Fsp3) is 0.906. The average molecular weight is 880 g/mol. The number of ether oxygens (including phenoxy) is 4. The monoisotopic (exact) mass is 880 g/mol. The van der Waals surface area contributed by atoms with Gasteiger partial charge in [-0.3, -0.25) is 9.59 Å². The fourth-order valence-electron chi connectivity index (χ4n) is 7.65. The fourth-order valence-corrected chi connectivity index (χ4v) is 7.65. The molecule has 0 bridgehead atoms. The molecule has 0 amide bonds. The number of nitrogens with zero attached hydrogens (tertiary/aromatic N) is 1. The Kier molecular flexibility index (Phi) is 44.1. The number of allylic oxidation sites excluding steroid dienone is 2. The molecule has 0 aliphatic carbocycles. The highest BCUT2D eigenvalue weighted by molar-refractivity contribution is 5.70. The molecule has 0 saturated heterocycles. The minimum absolute atomic E-state index is 0.151. The van der Waals surface area contributed by atoms with E-state index in [1.54, 1.807) is 0 Å². The first-order valence-electron chi connectivity index (χ1n) is 26.3. The first kappa shape index (κ1) is 60.0. The summed E-state index contributed by atoms with van der Waals surface area (Å²) in [7, 11) is 5.92. The van der Waals surface area contributed by atoms with E-state index in [4.69, 9.17) is 18.9 Å². The molecule has 0 aromatic rings. The van der Waals surface area contributed by atoms with Gasteiger partial charge in [0.15, 0.2) is 12.4 Å². The normalized spacial score (nSPS) is 12.9. The molecule has 0 aromatic heterocycles. The lowest BCUT2D eigenvalue weighted by atomic mass is 10.0. The number of carboxylic acids is 1. The zero-order chi connectivity index (χ0) is 45.6. The van der Waals surface area contributed by atoms with Gasteiger partial charge in [-0.25, -0.2) is 0 Å². The van der Waals surface area contributed by atoms with Crippen LogP contribution in [0.15, 0.2) is 12.2 Å². The zero-order valence-electron chi connectivity index (χ0n) is 41.5. The Hall–Kier alpha value is -1.97. The topological polar surface area (TPSA) is 111 Å². The molecule has 9 heteroatoms. The number of esters is 2. The molecule has 0 rings (SSSR count). The summed E-state index contributed by atoms with van der Waals surface area (Å²) in [6, 6.07) is 0. The predicted octanol–water partition coefficient (Wildman–Crippen LogP) is 13.3. The Morgan fingerprint density at radius 2 is 0.823 bits per heavy atom. The Morgan fingerprint density at radius 3 is 1.19 bits per heavy atom. The highest BCUT2D eigenvalue weighted by Gasteiger charge is 2.22. The summed E-state index contributed by atoms with van der Waals surface area (Å²) in [5.74, 6) is -2.27. The van der Waals surface area contributed by atoms with Crippen LogP contribution in [0, 0.1) is 0 Å². The number of unbranched alkanes of at least 4 members (excludes halogenated alkanes) is 32. The maximum absolute atomic E-state index is 12.8. The van der Waals surface area contributed by atoms with E-state index in [2.05, 4.69) is 26.0 Å². The van der Waals surface area contributed by atoms with Crippen LogP contribution < -0.4 is 5.11 Å². The minimum atomic E-state index is -1.62. The van der Waals surface area contributed by atoms with Crippen molar-refractivity contribution < 1.29 is 42.9 Å². The van der Waals surface area contributed by atoms with E-state index in [1.807, 2.05) is 21.1 Å². The summed E-state index contributed by atoms with van der Waals surface area (Å²) in [5.41, 5.74) is 0. The third-order valence-corrected chi connectivity index (χ3v) is 11.8. The molecule has 0 heterocycles. The van der Waals surface area contributed by atoms with E-state index in [1.165, 1.54) is 180 Å². The van der Waals surface area contributed by atoms with Crippen LogP contribution in [0.4, 0.5) is 0 Å². The second-order valence-corrected chi connectivity index (χ2v) is 19.2. The number of carbonyl (C=O) groups is 3. The molecule has 62 heavy (non-hydrogen) atoms. The molecular formula is C53H101NO8. The number of quaternary nitrogens is 1. The van der Waals surface area contributed by atoms with Gasteiger partial charge in [-0.2, -0.15) is 0 Å². The number of hydrogen-bond donors (Lipinski definition) is 0. The zero-order valence-corrected chi connectivity index (χ0v) is 41.5. The van der Waals surface area contributed by atoms with E-state index < -0.39 is 24.3 Å². The highest BCUT2D eigenvalue weighted by atomic mass is 16.7. The second kappa shape index (κ2) is 45.6. The van der Waals surface area contributed by atoms with Crippen molar-refractivity contribution in [1.29, 1.82) is 0 Å². The summed E-state index contributed by atoms with van der Waals surface area (Å²) in [4.78, 5) is 37.1. The largest absolute Gasteiger partial charge is 0.545 e. The van der Waals surface area contributed by atoms with Crippen LogP contribution in [0.3, 0.4) is 0 Å². The van der Waals surface area contributed by atoms with Crippen molar-refractivity contribution in [2.45, 2.75) is 264 Å². The van der Waals surface area contributed by atoms with Gasteiger partial charge in [0.25, 0.3) is 0 Å².